The van der Waals surface area contributed by atoms with Gasteiger partial charge in [-0.15, -0.1) is 0 Å². The van der Waals surface area contributed by atoms with Gasteiger partial charge in [0, 0.05) is 38.6 Å². The summed E-state index contributed by atoms with van der Waals surface area (Å²) in [6, 6.07) is 87.7. The summed E-state index contributed by atoms with van der Waals surface area (Å²) in [5.41, 5.74) is 15.5. The maximum atomic E-state index is 6.62. The summed E-state index contributed by atoms with van der Waals surface area (Å²) in [5, 5.41) is 9.62. The Kier molecular flexibility index (Phi) is 8.53. The van der Waals surface area contributed by atoms with E-state index in [2.05, 4.69) is 246 Å². The van der Waals surface area contributed by atoms with Crippen molar-refractivity contribution in [2.75, 3.05) is 4.90 Å². The van der Waals surface area contributed by atoms with E-state index in [0.29, 0.717) is 0 Å². The average molecular weight is 829 g/mol. The molecule has 0 aliphatic rings. The van der Waals surface area contributed by atoms with Crippen molar-refractivity contribution in [3.05, 3.63) is 243 Å². The first-order chi connectivity index (χ1) is 32.2. The lowest BCUT2D eigenvalue weighted by Gasteiger charge is -2.26. The Balaban J connectivity index is 0.968. The van der Waals surface area contributed by atoms with Crippen molar-refractivity contribution in [1.82, 2.24) is 4.57 Å². The van der Waals surface area contributed by atoms with Crippen molar-refractivity contribution < 1.29 is 4.42 Å². The van der Waals surface area contributed by atoms with E-state index >= 15 is 0 Å². The van der Waals surface area contributed by atoms with Crippen LogP contribution in [-0.2, 0) is 0 Å². The van der Waals surface area contributed by atoms with Crippen LogP contribution in [0.15, 0.2) is 247 Å². The largest absolute Gasteiger partial charge is 0.454 e. The van der Waals surface area contributed by atoms with Gasteiger partial charge in [0.15, 0.2) is 5.58 Å². The van der Waals surface area contributed by atoms with E-state index in [1.807, 2.05) is 6.07 Å². The third kappa shape index (κ3) is 6.05. The average Bonchev–Trinajstić information content (AvgIpc) is 3.93. The fraction of sp³-hybridized carbons (Fsp3) is 0. The van der Waals surface area contributed by atoms with Gasteiger partial charge in [0.2, 0.25) is 0 Å². The van der Waals surface area contributed by atoms with Gasteiger partial charge in [0.1, 0.15) is 5.58 Å². The van der Waals surface area contributed by atoms with Crippen molar-refractivity contribution in [2.24, 2.45) is 0 Å². The highest BCUT2D eigenvalue weighted by molar-refractivity contribution is 6.17. The van der Waals surface area contributed by atoms with Gasteiger partial charge in [0.05, 0.1) is 16.7 Å². The summed E-state index contributed by atoms with van der Waals surface area (Å²) in [5.74, 6) is 0. The highest BCUT2D eigenvalue weighted by Gasteiger charge is 2.21. The number of rotatable bonds is 7. The second-order valence-electron chi connectivity index (χ2n) is 16.8. The minimum absolute atomic E-state index is 0.886. The van der Waals surface area contributed by atoms with Gasteiger partial charge in [-0.3, -0.25) is 0 Å². The number of hydrogen-bond acceptors (Lipinski definition) is 2. The molecule has 13 aromatic rings. The minimum Gasteiger partial charge on any atom is -0.454 e. The van der Waals surface area contributed by atoms with Crippen LogP contribution < -0.4 is 4.90 Å². The number of aromatic nitrogens is 1. The topological polar surface area (TPSA) is 21.3 Å². The van der Waals surface area contributed by atoms with Crippen LogP contribution in [0.5, 0.6) is 0 Å². The van der Waals surface area contributed by atoms with E-state index in [9.17, 15) is 0 Å². The van der Waals surface area contributed by atoms with E-state index in [1.54, 1.807) is 0 Å². The summed E-state index contributed by atoms with van der Waals surface area (Å²) in [6.07, 6.45) is 0. The molecule has 3 nitrogen and oxygen atoms in total. The number of fused-ring (bicyclic) bond motifs is 8. The first kappa shape index (κ1) is 36.9. The molecule has 0 aliphatic carbocycles. The molecule has 304 valence electrons. The molecule has 2 aromatic heterocycles. The number of benzene rings is 11. The maximum absolute atomic E-state index is 6.62. The molecule has 0 spiro atoms. The van der Waals surface area contributed by atoms with Crippen LogP contribution in [0.1, 0.15) is 0 Å². The zero-order chi connectivity index (χ0) is 42.8. The Bertz CT molecular complexity index is 3820. The molecule has 0 N–H and O–H groups in total. The number of para-hydroxylation sites is 3. The molecule has 0 amide bonds. The monoisotopic (exact) mass is 828 g/mol. The third-order valence-corrected chi connectivity index (χ3v) is 13.2. The lowest BCUT2D eigenvalue weighted by Crippen LogP contribution is -2.10. The van der Waals surface area contributed by atoms with Gasteiger partial charge in [-0.25, -0.2) is 0 Å². The molecular formula is C62H40N2O. The number of hydrogen-bond donors (Lipinski definition) is 0. The molecule has 0 unspecified atom stereocenters. The van der Waals surface area contributed by atoms with Crippen LogP contribution in [0.4, 0.5) is 17.1 Å². The van der Waals surface area contributed by atoms with Gasteiger partial charge < -0.3 is 13.9 Å². The Hall–Kier alpha value is -8.66. The Morgan fingerprint density at radius 3 is 1.52 bits per heavy atom. The quantitative estimate of drug-likeness (QED) is 0.160. The lowest BCUT2D eigenvalue weighted by molar-refractivity contribution is 0.666. The molecule has 11 aromatic carbocycles. The van der Waals surface area contributed by atoms with Gasteiger partial charge >= 0.3 is 0 Å². The van der Waals surface area contributed by atoms with E-state index in [-0.39, 0.29) is 0 Å². The first-order valence-corrected chi connectivity index (χ1v) is 22.2. The summed E-state index contributed by atoms with van der Waals surface area (Å²) in [7, 11) is 0. The zero-order valence-corrected chi connectivity index (χ0v) is 35.4. The maximum Gasteiger partial charge on any atom is 0.159 e. The molecule has 2 heterocycles. The van der Waals surface area contributed by atoms with Crippen LogP contribution >= 0.6 is 0 Å². The summed E-state index contributed by atoms with van der Waals surface area (Å²) >= 11 is 0. The van der Waals surface area contributed by atoms with Gasteiger partial charge in [-0.1, -0.05) is 182 Å². The molecule has 0 fully saturated rings. The van der Waals surface area contributed by atoms with Crippen molar-refractivity contribution in [2.45, 2.75) is 0 Å². The van der Waals surface area contributed by atoms with Crippen LogP contribution in [0, 0.1) is 0 Å². The number of nitrogens with zero attached hydrogens (tertiary/aromatic N) is 2. The number of furan rings is 1. The SMILES string of the molecule is c1cc(-c2cccc3c2c2ccccc2n3-c2cccc3c2oc2ccccc23)cc(N(c2ccc(-c3cccc4ccccc34)cc2)c2ccc(-c3cccc4ccccc34)cc2)c1. The molecule has 0 saturated heterocycles. The van der Waals surface area contributed by atoms with Gasteiger partial charge in [0.25, 0.3) is 0 Å². The molecule has 13 rings (SSSR count). The third-order valence-electron chi connectivity index (χ3n) is 13.2. The van der Waals surface area contributed by atoms with E-state index in [4.69, 9.17) is 4.42 Å². The highest BCUT2D eigenvalue weighted by atomic mass is 16.3. The predicted molar refractivity (Wildman–Crippen MR) is 274 cm³/mol. The van der Waals surface area contributed by atoms with Crippen molar-refractivity contribution in [3.8, 4) is 39.1 Å². The smallest absolute Gasteiger partial charge is 0.159 e. The van der Waals surface area contributed by atoms with E-state index in [1.165, 1.54) is 60.1 Å². The summed E-state index contributed by atoms with van der Waals surface area (Å²) in [4.78, 5) is 2.38. The fourth-order valence-corrected chi connectivity index (χ4v) is 10.2. The van der Waals surface area contributed by atoms with Crippen molar-refractivity contribution in [1.29, 1.82) is 0 Å². The Morgan fingerprint density at radius 2 is 0.831 bits per heavy atom. The molecule has 0 saturated carbocycles. The molecule has 0 aliphatic heterocycles. The first-order valence-electron chi connectivity index (χ1n) is 22.2. The Morgan fingerprint density at radius 1 is 0.323 bits per heavy atom. The summed E-state index contributed by atoms with van der Waals surface area (Å²) in [6.45, 7) is 0. The molecule has 0 bridgehead atoms. The normalized spacial score (nSPS) is 11.7. The van der Waals surface area contributed by atoms with Crippen LogP contribution in [0.3, 0.4) is 0 Å². The second-order valence-corrected chi connectivity index (χ2v) is 16.8. The molecule has 3 heteroatoms. The van der Waals surface area contributed by atoms with Crippen LogP contribution in [0.2, 0.25) is 0 Å². The van der Waals surface area contributed by atoms with Crippen LogP contribution in [0.25, 0.3) is 104 Å². The second kappa shape index (κ2) is 15.0. The molecule has 0 radical (unpaired) electrons. The minimum atomic E-state index is 0.886. The van der Waals surface area contributed by atoms with E-state index < -0.39 is 0 Å². The van der Waals surface area contributed by atoms with Crippen molar-refractivity contribution in [3.63, 3.8) is 0 Å². The lowest BCUT2D eigenvalue weighted by atomic mass is 9.97. The Labute approximate surface area is 376 Å². The van der Waals surface area contributed by atoms with Crippen LogP contribution in [-0.4, -0.2) is 4.57 Å². The number of anilines is 3. The van der Waals surface area contributed by atoms with Crippen molar-refractivity contribution >= 4 is 82.4 Å². The van der Waals surface area contributed by atoms with Gasteiger partial charge in [-0.2, -0.15) is 0 Å². The molecule has 0 atom stereocenters. The highest BCUT2D eigenvalue weighted by Crippen LogP contribution is 2.44. The standard InChI is InChI=1S/C62H40N2O/c1-3-20-49-41(14-1)16-10-24-51(49)43-32-36-46(37-33-43)63(47-38-34-44(35-39-47)52-25-11-17-42-15-2-4-21-50(42)52)48-19-9-18-45(40-48)53-26-12-29-58-61(53)56-23-5-7-28-57(56)64(58)59-30-13-27-55-54-22-6-8-31-60(54)65-62(55)59/h1-40H. The van der Waals surface area contributed by atoms with E-state index in [0.717, 1.165) is 61.3 Å². The molecular weight excluding hydrogens is 789 g/mol. The summed E-state index contributed by atoms with van der Waals surface area (Å²) < 4.78 is 9.00. The molecule has 65 heavy (non-hydrogen) atoms. The van der Waals surface area contributed by atoms with Gasteiger partial charge in [-0.05, 0) is 116 Å². The predicted octanol–water partition coefficient (Wildman–Crippen LogP) is 17.5. The zero-order valence-electron chi connectivity index (χ0n) is 35.4. The fourth-order valence-electron chi connectivity index (χ4n) is 10.2.